The third-order valence-electron chi connectivity index (χ3n) is 2.49. The number of hydrogen-bond donors (Lipinski definition) is 0. The van der Waals surface area contributed by atoms with Gasteiger partial charge in [-0.1, -0.05) is 6.92 Å². The molecule has 1 heterocycles. The fourth-order valence-corrected chi connectivity index (χ4v) is 1.48. The van der Waals surface area contributed by atoms with E-state index >= 15 is 0 Å². The average molecular weight is 182 g/mol. The van der Waals surface area contributed by atoms with Crippen molar-refractivity contribution in [3.05, 3.63) is 0 Å². The van der Waals surface area contributed by atoms with Crippen molar-refractivity contribution in [2.75, 3.05) is 13.2 Å². The zero-order valence-corrected chi connectivity index (χ0v) is 7.03. The van der Waals surface area contributed by atoms with Gasteiger partial charge >= 0.3 is 6.18 Å². The average Bonchev–Trinajstić information content (AvgIpc) is 2.03. The first-order valence-electron chi connectivity index (χ1n) is 4.16. The molecule has 0 N–H and O–H groups in total. The molecular formula is C8H13F3O. The van der Waals surface area contributed by atoms with Gasteiger partial charge in [-0.15, -0.1) is 0 Å². The van der Waals surface area contributed by atoms with E-state index in [-0.39, 0.29) is 5.92 Å². The van der Waals surface area contributed by atoms with Crippen molar-refractivity contribution in [2.24, 2.45) is 11.8 Å². The van der Waals surface area contributed by atoms with Gasteiger partial charge in [-0.2, -0.15) is 13.2 Å². The minimum absolute atomic E-state index is 0.237. The molecule has 1 aliphatic heterocycles. The SMILES string of the molecule is C[C@@H](C1CCOCC1)C(F)(F)F. The number of alkyl halides is 3. The van der Waals surface area contributed by atoms with Crippen LogP contribution in [0, 0.1) is 11.8 Å². The molecule has 1 saturated heterocycles. The summed E-state index contributed by atoms with van der Waals surface area (Å²) in [4.78, 5) is 0. The molecule has 0 radical (unpaired) electrons. The van der Waals surface area contributed by atoms with E-state index in [1.165, 1.54) is 6.92 Å². The predicted molar refractivity (Wildman–Crippen MR) is 38.8 cm³/mol. The summed E-state index contributed by atoms with van der Waals surface area (Å²) in [5.74, 6) is -1.42. The molecule has 0 aromatic rings. The van der Waals surface area contributed by atoms with Crippen LogP contribution >= 0.6 is 0 Å². The summed E-state index contributed by atoms with van der Waals surface area (Å²) in [5, 5.41) is 0. The largest absolute Gasteiger partial charge is 0.391 e. The van der Waals surface area contributed by atoms with E-state index in [2.05, 4.69) is 0 Å². The van der Waals surface area contributed by atoms with E-state index in [0.29, 0.717) is 26.1 Å². The molecule has 0 unspecified atom stereocenters. The molecule has 0 aromatic heterocycles. The second-order valence-electron chi connectivity index (χ2n) is 3.28. The highest BCUT2D eigenvalue weighted by molar-refractivity contribution is 4.74. The smallest absolute Gasteiger partial charge is 0.381 e. The van der Waals surface area contributed by atoms with E-state index in [0.717, 1.165) is 0 Å². The van der Waals surface area contributed by atoms with E-state index in [1.54, 1.807) is 0 Å². The summed E-state index contributed by atoms with van der Waals surface area (Å²) in [6.07, 6.45) is -2.96. The summed E-state index contributed by atoms with van der Waals surface area (Å²) >= 11 is 0. The normalized spacial score (nSPS) is 24.0. The lowest BCUT2D eigenvalue weighted by Gasteiger charge is -2.28. The molecule has 12 heavy (non-hydrogen) atoms. The van der Waals surface area contributed by atoms with E-state index in [1.807, 2.05) is 0 Å². The van der Waals surface area contributed by atoms with Crippen molar-refractivity contribution >= 4 is 0 Å². The van der Waals surface area contributed by atoms with Crippen molar-refractivity contribution < 1.29 is 17.9 Å². The van der Waals surface area contributed by atoms with Gasteiger partial charge in [0.2, 0.25) is 0 Å². The summed E-state index contributed by atoms with van der Waals surface area (Å²) in [5.41, 5.74) is 0. The number of ether oxygens (including phenoxy) is 1. The first kappa shape index (κ1) is 9.84. The molecular weight excluding hydrogens is 169 g/mol. The molecule has 1 fully saturated rings. The highest BCUT2D eigenvalue weighted by atomic mass is 19.4. The Bertz CT molecular complexity index is 138. The van der Waals surface area contributed by atoms with Crippen LogP contribution in [0.2, 0.25) is 0 Å². The predicted octanol–water partition coefficient (Wildman–Crippen LogP) is 2.61. The van der Waals surface area contributed by atoms with Crippen molar-refractivity contribution in [1.29, 1.82) is 0 Å². The summed E-state index contributed by atoms with van der Waals surface area (Å²) in [7, 11) is 0. The van der Waals surface area contributed by atoms with E-state index in [4.69, 9.17) is 4.74 Å². The standard InChI is InChI=1S/C8H13F3O/c1-6(8(9,10)11)7-2-4-12-5-3-7/h6-7H,2-5H2,1H3/t6-/m0/s1. The van der Waals surface area contributed by atoms with Gasteiger partial charge in [-0.05, 0) is 18.8 Å². The quantitative estimate of drug-likeness (QED) is 0.605. The van der Waals surface area contributed by atoms with Crippen molar-refractivity contribution in [3.8, 4) is 0 Å². The lowest BCUT2D eigenvalue weighted by atomic mass is 9.87. The lowest BCUT2D eigenvalue weighted by Crippen LogP contribution is -2.31. The highest BCUT2D eigenvalue weighted by Gasteiger charge is 2.41. The number of rotatable bonds is 1. The second kappa shape index (κ2) is 3.64. The van der Waals surface area contributed by atoms with Crippen molar-refractivity contribution in [3.63, 3.8) is 0 Å². The maximum absolute atomic E-state index is 12.2. The van der Waals surface area contributed by atoms with Gasteiger partial charge in [0.1, 0.15) is 0 Å². The topological polar surface area (TPSA) is 9.23 Å². The van der Waals surface area contributed by atoms with Gasteiger partial charge in [0.05, 0.1) is 5.92 Å². The fourth-order valence-electron chi connectivity index (χ4n) is 1.48. The number of hydrogen-bond acceptors (Lipinski definition) is 1. The second-order valence-corrected chi connectivity index (χ2v) is 3.28. The van der Waals surface area contributed by atoms with Crippen molar-refractivity contribution in [1.82, 2.24) is 0 Å². The Labute approximate surface area is 69.9 Å². The molecule has 0 aliphatic carbocycles. The van der Waals surface area contributed by atoms with Crippen LogP contribution in [-0.4, -0.2) is 19.4 Å². The first-order valence-corrected chi connectivity index (χ1v) is 4.16. The van der Waals surface area contributed by atoms with Gasteiger partial charge in [0, 0.05) is 13.2 Å². The Morgan fingerprint density at radius 1 is 1.25 bits per heavy atom. The first-order chi connectivity index (χ1) is 5.52. The van der Waals surface area contributed by atoms with Crippen LogP contribution in [0.3, 0.4) is 0 Å². The zero-order chi connectivity index (χ0) is 9.19. The molecule has 1 rings (SSSR count). The van der Waals surface area contributed by atoms with Crippen LogP contribution in [0.1, 0.15) is 19.8 Å². The van der Waals surface area contributed by atoms with Crippen LogP contribution in [-0.2, 0) is 4.74 Å². The Hall–Kier alpha value is -0.250. The molecule has 0 spiro atoms. The Morgan fingerprint density at radius 3 is 2.17 bits per heavy atom. The van der Waals surface area contributed by atoms with Crippen molar-refractivity contribution in [2.45, 2.75) is 25.9 Å². The molecule has 1 aliphatic rings. The third kappa shape index (κ3) is 2.37. The van der Waals surface area contributed by atoms with Crippen LogP contribution < -0.4 is 0 Å². The molecule has 4 heteroatoms. The monoisotopic (exact) mass is 182 g/mol. The Kier molecular flexibility index (Phi) is 2.99. The lowest BCUT2D eigenvalue weighted by molar-refractivity contribution is -0.189. The maximum Gasteiger partial charge on any atom is 0.391 e. The minimum atomic E-state index is -4.04. The molecule has 1 atom stereocenters. The summed E-state index contributed by atoms with van der Waals surface area (Å²) in [6.45, 7) is 2.21. The maximum atomic E-state index is 12.2. The minimum Gasteiger partial charge on any atom is -0.381 e. The van der Waals surface area contributed by atoms with E-state index < -0.39 is 12.1 Å². The summed E-state index contributed by atoms with van der Waals surface area (Å²) in [6, 6.07) is 0. The molecule has 72 valence electrons. The van der Waals surface area contributed by atoms with Gasteiger partial charge < -0.3 is 4.74 Å². The molecule has 0 aromatic carbocycles. The van der Waals surface area contributed by atoms with Gasteiger partial charge in [-0.25, -0.2) is 0 Å². The van der Waals surface area contributed by atoms with Crippen LogP contribution in [0.15, 0.2) is 0 Å². The van der Waals surface area contributed by atoms with Gasteiger partial charge in [0.15, 0.2) is 0 Å². The van der Waals surface area contributed by atoms with Crippen LogP contribution in [0.25, 0.3) is 0 Å². The molecule has 0 bridgehead atoms. The zero-order valence-electron chi connectivity index (χ0n) is 7.03. The Balaban J connectivity index is 2.45. The Morgan fingerprint density at radius 2 is 1.75 bits per heavy atom. The van der Waals surface area contributed by atoms with Crippen LogP contribution in [0.5, 0.6) is 0 Å². The van der Waals surface area contributed by atoms with Gasteiger partial charge in [0.25, 0.3) is 0 Å². The fraction of sp³-hybridized carbons (Fsp3) is 1.00. The summed E-state index contributed by atoms with van der Waals surface area (Å²) < 4.78 is 41.6. The molecule has 0 amide bonds. The van der Waals surface area contributed by atoms with Gasteiger partial charge in [-0.3, -0.25) is 0 Å². The number of halogens is 3. The van der Waals surface area contributed by atoms with E-state index in [9.17, 15) is 13.2 Å². The highest BCUT2D eigenvalue weighted by Crippen LogP contribution is 2.36. The van der Waals surface area contributed by atoms with Crippen LogP contribution in [0.4, 0.5) is 13.2 Å². The molecule has 1 nitrogen and oxygen atoms in total. The molecule has 0 saturated carbocycles. The third-order valence-corrected chi connectivity index (χ3v) is 2.49.